The first kappa shape index (κ1) is 53.5. The molecule has 9 aromatic rings. The van der Waals surface area contributed by atoms with Crippen LogP contribution in [-0.2, 0) is 21.1 Å². The molecule has 0 unspecified atom stereocenters. The molecular weight excluding hydrogens is 1080 g/mol. The van der Waals surface area contributed by atoms with Gasteiger partial charge in [0.15, 0.2) is 0 Å². The van der Waals surface area contributed by atoms with Gasteiger partial charge in [0.25, 0.3) is 0 Å². The summed E-state index contributed by atoms with van der Waals surface area (Å²) < 4.78 is 0. The maximum atomic E-state index is 2.28. The Morgan fingerprint density at radius 3 is 0.514 bits per heavy atom. The van der Waals surface area contributed by atoms with Crippen LogP contribution in [0.5, 0.6) is 0 Å². The molecule has 0 heterocycles. The smallest absolute Gasteiger partial charge is 0.0169 e. The molecule has 0 amide bonds. The van der Waals surface area contributed by atoms with Gasteiger partial charge >= 0.3 is 0 Å². The molecule has 0 atom stereocenters. The van der Waals surface area contributed by atoms with Crippen LogP contribution in [0.4, 0.5) is 0 Å². The minimum Gasteiger partial charge on any atom is -0.0622 e. The molecule has 0 saturated carbocycles. The van der Waals surface area contributed by atoms with E-state index in [2.05, 4.69) is 281 Å². The Balaban J connectivity index is 0.000000171. The molecular formula is C66H63P3Pt. The topological polar surface area (TPSA) is 0 Å². The fourth-order valence-corrected chi connectivity index (χ4v) is 12.6. The van der Waals surface area contributed by atoms with Crippen molar-refractivity contribution >= 4 is 56.4 Å². The third-order valence-electron chi connectivity index (χ3n) is 11.9. The summed E-state index contributed by atoms with van der Waals surface area (Å²) in [5.74, 6) is 0. The zero-order valence-electron chi connectivity index (χ0n) is 41.9. The third-order valence-corrected chi connectivity index (χ3v) is 16.9. The van der Waals surface area contributed by atoms with Gasteiger partial charge in [0.2, 0.25) is 0 Å². The minimum atomic E-state index is 0. The van der Waals surface area contributed by atoms with Crippen LogP contribution >= 0.6 is 24.6 Å². The first-order valence-electron chi connectivity index (χ1n) is 23.8. The first-order chi connectivity index (χ1) is 33.4. The number of hydrogen-bond donors (Lipinski definition) is 0. The van der Waals surface area contributed by atoms with Crippen LogP contribution in [0.3, 0.4) is 0 Å². The Kier molecular flexibility index (Phi) is 20.2. The molecule has 70 heavy (non-hydrogen) atoms. The summed E-state index contributed by atoms with van der Waals surface area (Å²) in [4.78, 5) is 0. The Morgan fingerprint density at radius 1 is 0.229 bits per heavy atom. The van der Waals surface area contributed by atoms with Crippen molar-refractivity contribution in [3.63, 3.8) is 0 Å². The van der Waals surface area contributed by atoms with Gasteiger partial charge in [-0.1, -0.05) is 260 Å². The Labute approximate surface area is 438 Å². The largest absolute Gasteiger partial charge is 0.0622 e. The summed E-state index contributed by atoms with van der Waals surface area (Å²) in [5, 5.41) is 8.33. The van der Waals surface area contributed by atoms with Crippen LogP contribution in [0.25, 0.3) is 0 Å². The summed E-state index contributed by atoms with van der Waals surface area (Å²) in [6.07, 6.45) is 0. The van der Waals surface area contributed by atoms with E-state index < -0.39 is 0 Å². The van der Waals surface area contributed by atoms with Gasteiger partial charge in [-0.2, -0.15) is 0 Å². The van der Waals surface area contributed by atoms with Gasteiger partial charge in [-0.15, -0.1) is 0 Å². The Hall–Kier alpha value is -5.82. The molecule has 4 heteroatoms. The molecule has 0 N–H and O–H groups in total. The fourth-order valence-electron chi connectivity index (χ4n) is 8.85. The number of hydrogen-bond acceptors (Lipinski definition) is 0. The Bertz CT molecular complexity index is 2650. The second-order valence-corrected chi connectivity index (χ2v) is 21.2. The van der Waals surface area contributed by atoms with Crippen molar-refractivity contribution in [3.8, 4) is 0 Å². The molecule has 0 nitrogen and oxygen atoms in total. The standard InChI is InChI=1S/3C22H21P.Pt/c3*1-16-14-17(2)21(18(3)15-16)23-22(19-10-6-4-7-11-19)20-12-8-5-9-13-20;/h3*4-15H,1-3H3;. The minimum absolute atomic E-state index is 0. The number of benzene rings is 9. The van der Waals surface area contributed by atoms with Crippen LogP contribution in [-0.4, -0.2) is 15.9 Å². The monoisotopic (exact) mass is 1140 g/mol. The number of aryl methyl sites for hydroxylation is 9. The van der Waals surface area contributed by atoms with Gasteiger partial charge in [0.1, 0.15) is 0 Å². The first-order valence-corrected chi connectivity index (χ1v) is 26.5. The van der Waals surface area contributed by atoms with E-state index in [1.54, 1.807) is 0 Å². The maximum absolute atomic E-state index is 2.28. The average molecular weight is 1140 g/mol. The van der Waals surface area contributed by atoms with E-state index in [4.69, 9.17) is 0 Å². The van der Waals surface area contributed by atoms with Crippen LogP contribution in [0.15, 0.2) is 218 Å². The zero-order valence-corrected chi connectivity index (χ0v) is 46.9. The normalized spacial score (nSPS) is 10.6. The van der Waals surface area contributed by atoms with E-state index in [1.807, 2.05) is 0 Å². The molecule has 9 rings (SSSR count). The quantitative estimate of drug-likeness (QED) is 0.126. The van der Waals surface area contributed by atoms with Crippen molar-refractivity contribution in [2.24, 2.45) is 0 Å². The summed E-state index contributed by atoms with van der Waals surface area (Å²) in [7, 11) is 3.80. The van der Waals surface area contributed by atoms with E-state index in [0.717, 1.165) is 0 Å². The molecule has 0 aliphatic carbocycles. The van der Waals surface area contributed by atoms with Crippen LogP contribution < -0.4 is 15.9 Å². The van der Waals surface area contributed by atoms with Gasteiger partial charge in [-0.25, -0.2) is 0 Å². The van der Waals surface area contributed by atoms with Gasteiger partial charge in [-0.05, 0) is 129 Å². The van der Waals surface area contributed by atoms with E-state index in [-0.39, 0.29) is 21.1 Å². The van der Waals surface area contributed by atoms with Crippen molar-refractivity contribution in [2.45, 2.75) is 62.3 Å². The molecule has 0 radical (unpaired) electrons. The van der Waals surface area contributed by atoms with E-state index in [1.165, 1.54) is 140 Å². The summed E-state index contributed by atoms with van der Waals surface area (Å²) in [6.45, 7) is 19.8. The number of rotatable bonds is 9. The molecule has 0 aromatic heterocycles. The molecule has 0 spiro atoms. The predicted molar refractivity (Wildman–Crippen MR) is 310 cm³/mol. The molecule has 0 aliphatic rings. The van der Waals surface area contributed by atoms with Gasteiger partial charge in [-0.3, -0.25) is 0 Å². The molecule has 0 saturated heterocycles. The van der Waals surface area contributed by atoms with E-state index in [0.29, 0.717) is 0 Å². The van der Waals surface area contributed by atoms with E-state index >= 15 is 0 Å². The molecule has 0 aliphatic heterocycles. The van der Waals surface area contributed by atoms with Crippen LogP contribution in [0.2, 0.25) is 0 Å². The van der Waals surface area contributed by atoms with Crippen molar-refractivity contribution < 1.29 is 21.1 Å². The van der Waals surface area contributed by atoms with Crippen LogP contribution in [0.1, 0.15) is 83.5 Å². The second-order valence-electron chi connectivity index (χ2n) is 17.8. The Morgan fingerprint density at radius 2 is 0.371 bits per heavy atom. The summed E-state index contributed by atoms with van der Waals surface area (Å²) >= 11 is 0. The van der Waals surface area contributed by atoms with Gasteiger partial charge in [0.05, 0.1) is 0 Å². The molecule has 9 aromatic carbocycles. The predicted octanol–water partition coefficient (Wildman–Crippen LogP) is 16.4. The average Bonchev–Trinajstić information content (AvgIpc) is 3.35. The summed E-state index contributed by atoms with van der Waals surface area (Å²) in [5.41, 5.74) is 20.0. The molecule has 352 valence electrons. The SMILES string of the molecule is Cc1cc(C)c(P=C(c2ccccc2)c2ccccc2)c(C)c1.Cc1cc(C)c(P=C(c2ccccc2)c2ccccc2)c(C)c1.Cc1cc(C)c(P=C(c2ccccc2)c2ccccc2)c(C)c1.[Pt]. The van der Waals surface area contributed by atoms with Crippen molar-refractivity contribution in [3.05, 3.63) is 302 Å². The fraction of sp³-hybridized carbons (Fsp3) is 0.136. The third kappa shape index (κ3) is 14.6. The molecule has 0 fully saturated rings. The van der Waals surface area contributed by atoms with Crippen molar-refractivity contribution in [2.75, 3.05) is 0 Å². The second kappa shape index (κ2) is 26.4. The van der Waals surface area contributed by atoms with E-state index in [9.17, 15) is 0 Å². The van der Waals surface area contributed by atoms with Crippen molar-refractivity contribution in [1.29, 1.82) is 0 Å². The van der Waals surface area contributed by atoms with Crippen molar-refractivity contribution in [1.82, 2.24) is 0 Å². The maximum Gasteiger partial charge on any atom is 0.0169 e. The van der Waals surface area contributed by atoms with Crippen LogP contribution in [0, 0.1) is 62.3 Å². The summed E-state index contributed by atoms with van der Waals surface area (Å²) in [6, 6.07) is 77.9. The molecule has 0 bridgehead atoms. The van der Waals surface area contributed by atoms with Gasteiger partial charge in [0, 0.05) is 52.9 Å². The van der Waals surface area contributed by atoms with Gasteiger partial charge < -0.3 is 0 Å². The zero-order chi connectivity index (χ0) is 48.7.